The van der Waals surface area contributed by atoms with E-state index in [9.17, 15) is 8.42 Å². The lowest BCUT2D eigenvalue weighted by molar-refractivity contribution is 0.402. The van der Waals surface area contributed by atoms with E-state index in [1.165, 1.54) is 24.2 Å². The molecule has 0 aliphatic heterocycles. The van der Waals surface area contributed by atoms with Crippen molar-refractivity contribution in [1.29, 1.82) is 0 Å². The summed E-state index contributed by atoms with van der Waals surface area (Å²) in [4.78, 5) is 8.10. The predicted molar refractivity (Wildman–Crippen MR) is 92.4 cm³/mol. The maximum absolute atomic E-state index is 12.8. The van der Waals surface area contributed by atoms with Crippen molar-refractivity contribution >= 4 is 15.8 Å². The van der Waals surface area contributed by atoms with Crippen LogP contribution in [0.25, 0.3) is 5.82 Å². The normalized spacial score (nSPS) is 11.3. The third kappa shape index (κ3) is 3.45. The second-order valence-corrected chi connectivity index (χ2v) is 7.06. The van der Waals surface area contributed by atoms with Crippen LogP contribution in [0.5, 0.6) is 5.75 Å². The monoisotopic (exact) mass is 359 g/mol. The topological polar surface area (TPSA) is 99.0 Å². The van der Waals surface area contributed by atoms with Crippen LogP contribution in [0.1, 0.15) is 11.1 Å². The Morgan fingerprint density at radius 2 is 1.88 bits per heavy atom. The lowest BCUT2D eigenvalue weighted by atomic mass is 10.1. The van der Waals surface area contributed by atoms with Crippen LogP contribution in [-0.2, 0) is 10.0 Å². The number of sulfonamides is 1. The van der Waals surface area contributed by atoms with E-state index in [-0.39, 0.29) is 16.5 Å². The van der Waals surface area contributed by atoms with Gasteiger partial charge in [-0.15, -0.1) is 0 Å². The highest BCUT2D eigenvalue weighted by molar-refractivity contribution is 7.92. The van der Waals surface area contributed by atoms with Gasteiger partial charge in [0.2, 0.25) is 0 Å². The molecule has 1 N–H and O–H groups in total. The summed E-state index contributed by atoms with van der Waals surface area (Å²) in [5.74, 6) is 0.863. The number of rotatable bonds is 5. The Bertz CT molecular complexity index is 1000. The molecule has 0 saturated heterocycles. The van der Waals surface area contributed by atoms with Crippen LogP contribution >= 0.6 is 0 Å². The van der Waals surface area contributed by atoms with Crippen LogP contribution in [-0.4, -0.2) is 35.3 Å². The summed E-state index contributed by atoms with van der Waals surface area (Å²) >= 11 is 0. The van der Waals surface area contributed by atoms with Gasteiger partial charge in [0.1, 0.15) is 22.8 Å². The number of methoxy groups -OCH3 is 1. The van der Waals surface area contributed by atoms with Crippen molar-refractivity contribution in [3.05, 3.63) is 54.1 Å². The Labute approximate surface area is 145 Å². The van der Waals surface area contributed by atoms with Crippen LogP contribution < -0.4 is 9.46 Å². The first-order chi connectivity index (χ1) is 11.9. The quantitative estimate of drug-likeness (QED) is 0.749. The molecule has 2 aromatic heterocycles. The minimum absolute atomic E-state index is 0.0531. The standard InChI is InChI=1S/C16H17N5O3S/c1-11-7-13(24-3)14(8-12(11)2)25(22,23)20-15-9-16(18-10-17-15)21-6-4-5-19-21/h4-10H,1-3H3,(H,17,18,20). The summed E-state index contributed by atoms with van der Waals surface area (Å²) in [6.07, 6.45) is 4.57. The van der Waals surface area contributed by atoms with Crippen molar-refractivity contribution in [2.45, 2.75) is 18.7 Å². The molecule has 1 aromatic carbocycles. The molecule has 0 bridgehead atoms. The molecule has 0 amide bonds. The average Bonchev–Trinajstić information content (AvgIpc) is 3.11. The summed E-state index contributed by atoms with van der Waals surface area (Å²) < 4.78 is 34.7. The highest BCUT2D eigenvalue weighted by atomic mass is 32.2. The molecule has 0 atom stereocenters. The number of hydrogen-bond acceptors (Lipinski definition) is 6. The van der Waals surface area contributed by atoms with Gasteiger partial charge in [-0.25, -0.2) is 23.1 Å². The second-order valence-electron chi connectivity index (χ2n) is 5.40. The Balaban J connectivity index is 1.98. The minimum Gasteiger partial charge on any atom is -0.495 e. The van der Waals surface area contributed by atoms with Gasteiger partial charge in [0.25, 0.3) is 10.0 Å². The molecule has 8 nitrogen and oxygen atoms in total. The van der Waals surface area contributed by atoms with Gasteiger partial charge in [-0.05, 0) is 43.2 Å². The lowest BCUT2D eigenvalue weighted by Crippen LogP contribution is -2.16. The van der Waals surface area contributed by atoms with Crippen molar-refractivity contribution in [1.82, 2.24) is 19.7 Å². The third-order valence-electron chi connectivity index (χ3n) is 3.70. The van der Waals surface area contributed by atoms with Crippen LogP contribution in [0.15, 0.2) is 47.9 Å². The van der Waals surface area contributed by atoms with Gasteiger partial charge >= 0.3 is 0 Å². The van der Waals surface area contributed by atoms with E-state index < -0.39 is 10.0 Å². The number of aryl methyl sites for hydroxylation is 2. The zero-order valence-electron chi connectivity index (χ0n) is 14.0. The number of nitrogens with zero attached hydrogens (tertiary/aromatic N) is 4. The van der Waals surface area contributed by atoms with E-state index in [0.29, 0.717) is 5.82 Å². The van der Waals surface area contributed by atoms with E-state index in [1.54, 1.807) is 30.6 Å². The number of nitrogens with one attached hydrogen (secondary N) is 1. The van der Waals surface area contributed by atoms with Gasteiger partial charge in [-0.2, -0.15) is 5.10 Å². The fraction of sp³-hybridized carbons (Fsp3) is 0.188. The van der Waals surface area contributed by atoms with Gasteiger partial charge in [-0.1, -0.05) is 0 Å². The van der Waals surface area contributed by atoms with Crippen molar-refractivity contribution in [2.24, 2.45) is 0 Å². The number of hydrogen-bond donors (Lipinski definition) is 1. The van der Waals surface area contributed by atoms with Crippen LogP contribution in [0.2, 0.25) is 0 Å². The highest BCUT2D eigenvalue weighted by Crippen LogP contribution is 2.28. The van der Waals surface area contributed by atoms with Crippen molar-refractivity contribution in [3.63, 3.8) is 0 Å². The average molecular weight is 359 g/mol. The van der Waals surface area contributed by atoms with Crippen molar-refractivity contribution < 1.29 is 13.2 Å². The van der Waals surface area contributed by atoms with Crippen molar-refractivity contribution in [2.75, 3.05) is 11.8 Å². The number of benzene rings is 1. The summed E-state index contributed by atoms with van der Waals surface area (Å²) in [5.41, 5.74) is 1.79. The largest absolute Gasteiger partial charge is 0.495 e. The van der Waals surface area contributed by atoms with E-state index in [2.05, 4.69) is 19.8 Å². The van der Waals surface area contributed by atoms with Gasteiger partial charge in [0.05, 0.1) is 7.11 Å². The van der Waals surface area contributed by atoms with E-state index >= 15 is 0 Å². The third-order valence-corrected chi connectivity index (χ3v) is 5.08. The molecule has 3 aromatic rings. The Morgan fingerprint density at radius 1 is 1.12 bits per heavy atom. The molecule has 9 heteroatoms. The summed E-state index contributed by atoms with van der Waals surface area (Å²) in [6, 6.07) is 6.51. The van der Waals surface area contributed by atoms with Crippen molar-refractivity contribution in [3.8, 4) is 11.6 Å². The molecular formula is C16H17N5O3S. The zero-order valence-corrected chi connectivity index (χ0v) is 14.8. The first-order valence-electron chi connectivity index (χ1n) is 7.41. The number of anilines is 1. The maximum Gasteiger partial charge on any atom is 0.266 e. The number of ether oxygens (including phenoxy) is 1. The van der Waals surface area contributed by atoms with Gasteiger partial charge < -0.3 is 4.74 Å². The Kier molecular flexibility index (Phi) is 4.41. The Morgan fingerprint density at radius 3 is 2.56 bits per heavy atom. The zero-order chi connectivity index (χ0) is 18.0. The molecule has 0 fully saturated rings. The lowest BCUT2D eigenvalue weighted by Gasteiger charge is -2.13. The summed E-state index contributed by atoms with van der Waals surface area (Å²) in [6.45, 7) is 3.73. The molecule has 0 unspecified atom stereocenters. The van der Waals surface area contributed by atoms with Crippen LogP contribution in [0.3, 0.4) is 0 Å². The van der Waals surface area contributed by atoms with E-state index in [1.807, 2.05) is 13.8 Å². The molecule has 0 radical (unpaired) electrons. The van der Waals surface area contributed by atoms with Gasteiger partial charge in [-0.3, -0.25) is 4.72 Å². The fourth-order valence-corrected chi connectivity index (χ4v) is 3.49. The SMILES string of the molecule is COc1cc(C)c(C)cc1S(=O)(=O)Nc1cc(-n2cccn2)ncn1. The fourth-order valence-electron chi connectivity index (χ4n) is 2.26. The molecular weight excluding hydrogens is 342 g/mol. The summed E-state index contributed by atoms with van der Waals surface area (Å²) in [7, 11) is -2.44. The van der Waals surface area contributed by atoms with E-state index in [4.69, 9.17) is 4.74 Å². The molecule has 130 valence electrons. The van der Waals surface area contributed by atoms with Gasteiger partial charge in [0, 0.05) is 18.5 Å². The highest BCUT2D eigenvalue weighted by Gasteiger charge is 2.21. The Hall–Kier alpha value is -2.94. The molecule has 0 aliphatic rings. The minimum atomic E-state index is -3.88. The first kappa shape index (κ1) is 16.9. The molecule has 2 heterocycles. The first-order valence-corrected chi connectivity index (χ1v) is 8.89. The summed E-state index contributed by atoms with van der Waals surface area (Å²) in [5, 5.41) is 4.06. The second kappa shape index (κ2) is 6.52. The number of aromatic nitrogens is 4. The molecule has 3 rings (SSSR count). The molecule has 25 heavy (non-hydrogen) atoms. The predicted octanol–water partition coefficient (Wildman–Crippen LogP) is 2.09. The van der Waals surface area contributed by atoms with Crippen LogP contribution in [0.4, 0.5) is 5.82 Å². The van der Waals surface area contributed by atoms with Gasteiger partial charge in [0.15, 0.2) is 5.82 Å². The smallest absolute Gasteiger partial charge is 0.266 e. The van der Waals surface area contributed by atoms with Crippen LogP contribution in [0, 0.1) is 13.8 Å². The maximum atomic E-state index is 12.8. The van der Waals surface area contributed by atoms with E-state index in [0.717, 1.165) is 11.1 Å². The molecule has 0 saturated carbocycles. The molecule has 0 aliphatic carbocycles. The molecule has 0 spiro atoms.